The number of benzene rings is 1. The topological polar surface area (TPSA) is 61.8 Å². The lowest BCUT2D eigenvalue weighted by molar-refractivity contribution is -0.142. The molecule has 1 aliphatic carbocycles. The van der Waals surface area contributed by atoms with Crippen LogP contribution in [0.3, 0.4) is 0 Å². The van der Waals surface area contributed by atoms with Crippen molar-refractivity contribution in [1.82, 2.24) is 0 Å². The van der Waals surface area contributed by atoms with Gasteiger partial charge in [0.25, 0.3) is 0 Å². The van der Waals surface area contributed by atoms with E-state index in [9.17, 15) is 9.59 Å². The van der Waals surface area contributed by atoms with Crippen LogP contribution in [0.1, 0.15) is 31.7 Å². The van der Waals surface area contributed by atoms with Gasteiger partial charge in [-0.05, 0) is 24.1 Å². The molecule has 2 rings (SSSR count). The first-order valence-electron chi connectivity index (χ1n) is 6.05. The third-order valence-corrected chi connectivity index (χ3v) is 2.92. The van der Waals surface area contributed by atoms with E-state index in [-0.39, 0.29) is 18.0 Å². The minimum absolute atomic E-state index is 0.0539. The fraction of sp³-hybridized carbons (Fsp3) is 0.429. The zero-order valence-corrected chi connectivity index (χ0v) is 11.1. The van der Waals surface area contributed by atoms with Crippen LogP contribution in [-0.2, 0) is 14.3 Å². The quantitative estimate of drug-likeness (QED) is 0.615. The molecular weight excluding hydrogens is 248 g/mol. The standard InChI is InChI=1S/C14H16O5/c1-8(15)18-12-5-4-10(6-14(12)17-3)11-7-13(11)19-9(2)16/h4-6,11,13H,7H2,1-3H3. The predicted octanol–water partition coefficient (Wildman–Crippen LogP) is 2.04. The molecule has 1 aliphatic rings. The van der Waals surface area contributed by atoms with Gasteiger partial charge in [-0.1, -0.05) is 6.07 Å². The van der Waals surface area contributed by atoms with Gasteiger partial charge in [-0.15, -0.1) is 0 Å². The maximum absolute atomic E-state index is 11.0. The summed E-state index contributed by atoms with van der Waals surface area (Å²) in [6.45, 7) is 2.74. The predicted molar refractivity (Wildman–Crippen MR) is 67.2 cm³/mol. The second-order valence-electron chi connectivity index (χ2n) is 4.49. The summed E-state index contributed by atoms with van der Waals surface area (Å²) in [7, 11) is 1.52. The van der Waals surface area contributed by atoms with Crippen molar-refractivity contribution in [2.45, 2.75) is 32.3 Å². The van der Waals surface area contributed by atoms with Crippen molar-refractivity contribution in [1.29, 1.82) is 0 Å². The molecule has 0 aliphatic heterocycles. The molecule has 1 aromatic rings. The maximum Gasteiger partial charge on any atom is 0.308 e. The van der Waals surface area contributed by atoms with Crippen LogP contribution in [0.4, 0.5) is 0 Å². The molecule has 5 nitrogen and oxygen atoms in total. The summed E-state index contributed by atoms with van der Waals surface area (Å²) in [5.41, 5.74) is 1.01. The summed E-state index contributed by atoms with van der Waals surface area (Å²) < 4.78 is 15.4. The molecule has 0 aromatic heterocycles. The van der Waals surface area contributed by atoms with Crippen LogP contribution < -0.4 is 9.47 Å². The van der Waals surface area contributed by atoms with Gasteiger partial charge >= 0.3 is 11.9 Å². The minimum atomic E-state index is -0.393. The van der Waals surface area contributed by atoms with Crippen LogP contribution in [0.25, 0.3) is 0 Å². The molecule has 1 aromatic carbocycles. The van der Waals surface area contributed by atoms with Crippen molar-refractivity contribution >= 4 is 11.9 Å². The summed E-state index contributed by atoms with van der Waals surface area (Å²) in [5.74, 6) is 0.431. The van der Waals surface area contributed by atoms with Crippen molar-refractivity contribution in [2.24, 2.45) is 0 Å². The number of carbonyl (C=O) groups excluding carboxylic acids is 2. The minimum Gasteiger partial charge on any atom is -0.493 e. The molecule has 1 saturated carbocycles. The zero-order chi connectivity index (χ0) is 14.0. The molecule has 0 amide bonds. The first-order valence-corrected chi connectivity index (χ1v) is 6.05. The smallest absolute Gasteiger partial charge is 0.308 e. The Hall–Kier alpha value is -2.04. The first-order chi connectivity index (χ1) is 9.01. The van der Waals surface area contributed by atoms with E-state index in [1.165, 1.54) is 21.0 Å². The van der Waals surface area contributed by atoms with Crippen LogP contribution in [0, 0.1) is 0 Å². The van der Waals surface area contributed by atoms with E-state index in [0.717, 1.165) is 12.0 Å². The number of ether oxygens (including phenoxy) is 3. The van der Waals surface area contributed by atoms with E-state index in [0.29, 0.717) is 11.5 Å². The number of methoxy groups -OCH3 is 1. The summed E-state index contributed by atoms with van der Waals surface area (Å²) in [6, 6.07) is 5.36. The van der Waals surface area contributed by atoms with E-state index in [1.807, 2.05) is 12.1 Å². The lowest BCUT2D eigenvalue weighted by Gasteiger charge is -2.10. The monoisotopic (exact) mass is 264 g/mol. The van der Waals surface area contributed by atoms with Gasteiger partial charge in [0, 0.05) is 19.8 Å². The Kier molecular flexibility index (Phi) is 3.74. The Balaban J connectivity index is 2.12. The Labute approximate surface area is 111 Å². The van der Waals surface area contributed by atoms with Crippen LogP contribution in [0.5, 0.6) is 11.5 Å². The third-order valence-electron chi connectivity index (χ3n) is 2.92. The molecule has 2 unspecified atom stereocenters. The van der Waals surface area contributed by atoms with E-state index in [1.54, 1.807) is 6.07 Å². The Morgan fingerprint density at radius 1 is 1.16 bits per heavy atom. The molecule has 5 heteroatoms. The van der Waals surface area contributed by atoms with Crippen LogP contribution in [0.2, 0.25) is 0 Å². The lowest BCUT2D eigenvalue weighted by atomic mass is 10.1. The molecule has 0 N–H and O–H groups in total. The summed E-state index contributed by atoms with van der Waals surface area (Å²) >= 11 is 0. The van der Waals surface area contributed by atoms with E-state index in [4.69, 9.17) is 14.2 Å². The number of hydrogen-bond donors (Lipinski definition) is 0. The molecule has 0 radical (unpaired) electrons. The highest BCUT2D eigenvalue weighted by Crippen LogP contribution is 2.45. The largest absolute Gasteiger partial charge is 0.493 e. The molecule has 0 bridgehead atoms. The molecule has 0 spiro atoms. The van der Waals surface area contributed by atoms with Gasteiger partial charge in [0.05, 0.1) is 7.11 Å². The second kappa shape index (κ2) is 5.30. The Bertz CT molecular complexity index is 509. The molecule has 19 heavy (non-hydrogen) atoms. The van der Waals surface area contributed by atoms with Gasteiger partial charge in [0.15, 0.2) is 11.5 Å². The highest BCUT2D eigenvalue weighted by Gasteiger charge is 2.41. The third kappa shape index (κ3) is 3.24. The Morgan fingerprint density at radius 3 is 2.47 bits per heavy atom. The molecule has 2 atom stereocenters. The van der Waals surface area contributed by atoms with Crippen molar-refractivity contribution in [3.05, 3.63) is 23.8 Å². The van der Waals surface area contributed by atoms with Gasteiger partial charge in [0.1, 0.15) is 6.10 Å². The van der Waals surface area contributed by atoms with Gasteiger partial charge < -0.3 is 14.2 Å². The van der Waals surface area contributed by atoms with E-state index in [2.05, 4.69) is 0 Å². The van der Waals surface area contributed by atoms with E-state index >= 15 is 0 Å². The lowest BCUT2D eigenvalue weighted by Crippen LogP contribution is -2.04. The molecule has 102 valence electrons. The average molecular weight is 264 g/mol. The molecular formula is C14H16O5. The van der Waals surface area contributed by atoms with Crippen LogP contribution >= 0.6 is 0 Å². The van der Waals surface area contributed by atoms with Gasteiger partial charge in [0.2, 0.25) is 0 Å². The van der Waals surface area contributed by atoms with Gasteiger partial charge in [-0.2, -0.15) is 0 Å². The van der Waals surface area contributed by atoms with Gasteiger partial charge in [-0.3, -0.25) is 9.59 Å². The Morgan fingerprint density at radius 2 is 1.89 bits per heavy atom. The maximum atomic E-state index is 11.0. The normalized spacial score (nSPS) is 20.6. The van der Waals surface area contributed by atoms with Crippen LogP contribution in [0.15, 0.2) is 18.2 Å². The van der Waals surface area contributed by atoms with Crippen molar-refractivity contribution in [2.75, 3.05) is 7.11 Å². The molecule has 0 heterocycles. The van der Waals surface area contributed by atoms with E-state index < -0.39 is 5.97 Å². The summed E-state index contributed by atoms with van der Waals surface area (Å²) in [5, 5.41) is 0. The first kappa shape index (κ1) is 13.4. The average Bonchev–Trinajstić information content (AvgIpc) is 3.07. The van der Waals surface area contributed by atoms with Crippen molar-refractivity contribution in [3.63, 3.8) is 0 Å². The SMILES string of the molecule is COc1cc(C2CC2OC(C)=O)ccc1OC(C)=O. The highest BCUT2D eigenvalue weighted by molar-refractivity contribution is 5.70. The molecule has 1 fully saturated rings. The number of esters is 2. The summed E-state index contributed by atoms with van der Waals surface area (Å²) in [6.07, 6.45) is 0.761. The number of hydrogen-bond acceptors (Lipinski definition) is 5. The summed E-state index contributed by atoms with van der Waals surface area (Å²) in [4.78, 5) is 21.8. The fourth-order valence-corrected chi connectivity index (χ4v) is 2.02. The fourth-order valence-electron chi connectivity index (χ4n) is 2.02. The van der Waals surface area contributed by atoms with Crippen molar-refractivity contribution in [3.8, 4) is 11.5 Å². The van der Waals surface area contributed by atoms with Crippen molar-refractivity contribution < 1.29 is 23.8 Å². The van der Waals surface area contributed by atoms with Crippen LogP contribution in [-0.4, -0.2) is 25.2 Å². The van der Waals surface area contributed by atoms with Gasteiger partial charge in [-0.25, -0.2) is 0 Å². The molecule has 0 saturated heterocycles. The number of carbonyl (C=O) groups is 2. The number of rotatable bonds is 4. The second-order valence-corrected chi connectivity index (χ2v) is 4.49. The highest BCUT2D eigenvalue weighted by atomic mass is 16.6. The zero-order valence-electron chi connectivity index (χ0n) is 11.1.